The number of nitrogens with one attached hydrogen (secondary N) is 1. The molecular formula is C19H19N5O3. The van der Waals surface area contributed by atoms with Crippen molar-refractivity contribution in [1.82, 2.24) is 9.78 Å². The molecule has 0 unspecified atom stereocenters. The highest BCUT2D eigenvalue weighted by Gasteiger charge is 2.30. The van der Waals surface area contributed by atoms with Crippen LogP contribution in [-0.2, 0) is 16.1 Å². The zero-order chi connectivity index (χ0) is 19.7. The Morgan fingerprint density at radius 2 is 2.04 bits per heavy atom. The van der Waals surface area contributed by atoms with Gasteiger partial charge in [-0.3, -0.25) is 14.4 Å². The number of carbonyl (C=O) groups excluding carboxylic acids is 2. The maximum atomic E-state index is 13.1. The lowest BCUT2D eigenvalue weighted by Crippen LogP contribution is -2.43. The molecule has 27 heavy (non-hydrogen) atoms. The van der Waals surface area contributed by atoms with Crippen molar-refractivity contribution >= 4 is 23.2 Å². The number of aromatic nitrogens is 2. The van der Waals surface area contributed by atoms with Crippen molar-refractivity contribution < 1.29 is 9.59 Å². The number of para-hydroxylation sites is 2. The van der Waals surface area contributed by atoms with Gasteiger partial charge in [-0.1, -0.05) is 12.1 Å². The molecule has 1 atom stereocenters. The van der Waals surface area contributed by atoms with E-state index in [1.54, 1.807) is 45.0 Å². The summed E-state index contributed by atoms with van der Waals surface area (Å²) in [7, 11) is 0. The van der Waals surface area contributed by atoms with Gasteiger partial charge in [-0.25, -0.2) is 4.68 Å². The van der Waals surface area contributed by atoms with Crippen LogP contribution >= 0.6 is 0 Å². The lowest BCUT2D eigenvalue weighted by atomic mass is 10.1. The highest BCUT2D eigenvalue weighted by Crippen LogP contribution is 2.31. The minimum Gasteiger partial charge on any atom is -0.324 e. The molecule has 0 bridgehead atoms. The van der Waals surface area contributed by atoms with Crippen LogP contribution in [0.1, 0.15) is 30.2 Å². The molecule has 1 aliphatic heterocycles. The van der Waals surface area contributed by atoms with Gasteiger partial charge in [-0.15, -0.1) is 0 Å². The second kappa shape index (κ2) is 7.03. The lowest BCUT2D eigenvalue weighted by molar-refractivity contribution is -0.120. The van der Waals surface area contributed by atoms with Crippen molar-refractivity contribution in [2.75, 3.05) is 10.2 Å². The van der Waals surface area contributed by atoms with Crippen LogP contribution < -0.4 is 15.8 Å². The van der Waals surface area contributed by atoms with Gasteiger partial charge in [0.1, 0.15) is 18.2 Å². The van der Waals surface area contributed by atoms with Crippen LogP contribution in [0.4, 0.5) is 11.4 Å². The summed E-state index contributed by atoms with van der Waals surface area (Å²) >= 11 is 0. The van der Waals surface area contributed by atoms with E-state index in [1.165, 1.54) is 4.90 Å². The molecule has 0 spiro atoms. The quantitative estimate of drug-likeness (QED) is 0.867. The highest BCUT2D eigenvalue weighted by atomic mass is 16.2. The molecule has 1 N–H and O–H groups in total. The molecular weight excluding hydrogens is 346 g/mol. The normalized spacial score (nSPS) is 16.1. The largest absolute Gasteiger partial charge is 0.324 e. The average molecular weight is 365 g/mol. The Bertz CT molecular complexity index is 1030. The molecule has 2 amide bonds. The van der Waals surface area contributed by atoms with Crippen molar-refractivity contribution in [2.45, 2.75) is 39.8 Å². The number of hydrogen-bond acceptors (Lipinski definition) is 5. The fourth-order valence-corrected chi connectivity index (χ4v) is 3.18. The maximum Gasteiger partial charge on any atom is 0.285 e. The summed E-state index contributed by atoms with van der Waals surface area (Å²) in [6.45, 7) is 4.79. The van der Waals surface area contributed by atoms with Crippen molar-refractivity contribution in [3.05, 3.63) is 51.4 Å². The summed E-state index contributed by atoms with van der Waals surface area (Å²) in [5, 5.41) is 16.2. The Kier molecular flexibility index (Phi) is 4.77. The molecule has 0 fully saturated rings. The number of rotatable bonds is 2. The standard InChI is InChI=1S/C19H19N5O3/c1-11-8-17(25)21-15-6-4-5-7-16(15)24(11)18(26)10-23-19(27)14(9-20)12(2)13(3)22-23/h4-7,11H,8,10H2,1-3H3,(H,21,25)/t11-/m0/s1. The number of hydrogen-bond donors (Lipinski definition) is 1. The molecule has 3 rings (SSSR count). The van der Waals surface area contributed by atoms with Crippen molar-refractivity contribution in [3.8, 4) is 6.07 Å². The van der Waals surface area contributed by atoms with Gasteiger partial charge in [0.05, 0.1) is 17.1 Å². The molecule has 138 valence electrons. The molecule has 1 aromatic carbocycles. The third kappa shape index (κ3) is 3.31. The molecule has 2 aromatic rings. The lowest BCUT2D eigenvalue weighted by Gasteiger charge is -2.28. The predicted octanol–water partition coefficient (Wildman–Crippen LogP) is 1.50. The molecule has 2 heterocycles. The van der Waals surface area contributed by atoms with Crippen LogP contribution in [0.5, 0.6) is 0 Å². The van der Waals surface area contributed by atoms with Crippen molar-refractivity contribution in [3.63, 3.8) is 0 Å². The Hall–Kier alpha value is -3.47. The number of amides is 2. The van der Waals surface area contributed by atoms with Gasteiger partial charge in [0.15, 0.2) is 0 Å². The SMILES string of the molecule is Cc1nn(CC(=O)N2c3ccccc3NC(=O)C[C@@H]2C)c(=O)c(C#N)c1C. The van der Waals surface area contributed by atoms with E-state index in [4.69, 9.17) is 0 Å². The van der Waals surface area contributed by atoms with E-state index < -0.39 is 5.56 Å². The Morgan fingerprint density at radius 1 is 1.33 bits per heavy atom. The first-order valence-corrected chi connectivity index (χ1v) is 8.52. The zero-order valence-electron chi connectivity index (χ0n) is 15.3. The van der Waals surface area contributed by atoms with Crippen molar-refractivity contribution in [2.24, 2.45) is 0 Å². The minimum absolute atomic E-state index is 0.0172. The predicted molar refractivity (Wildman–Crippen MR) is 99.3 cm³/mol. The van der Waals surface area contributed by atoms with Crippen LogP contribution in [0.3, 0.4) is 0 Å². The van der Waals surface area contributed by atoms with Crippen LogP contribution in [0, 0.1) is 25.2 Å². The number of nitriles is 1. The summed E-state index contributed by atoms with van der Waals surface area (Å²) in [5.41, 5.74) is 1.52. The van der Waals surface area contributed by atoms with E-state index in [2.05, 4.69) is 10.4 Å². The summed E-state index contributed by atoms with van der Waals surface area (Å²) in [4.78, 5) is 39.1. The number of anilines is 2. The minimum atomic E-state index is -0.598. The number of aryl methyl sites for hydroxylation is 1. The van der Waals surface area contributed by atoms with E-state index in [1.807, 2.05) is 6.07 Å². The number of fused-ring (bicyclic) bond motifs is 1. The summed E-state index contributed by atoms with van der Waals surface area (Å²) < 4.78 is 1.01. The van der Waals surface area contributed by atoms with Gasteiger partial charge in [-0.05, 0) is 38.5 Å². The van der Waals surface area contributed by atoms with Gasteiger partial charge in [-0.2, -0.15) is 10.4 Å². The first kappa shape index (κ1) is 18.3. The molecule has 1 aromatic heterocycles. The van der Waals surface area contributed by atoms with Gasteiger partial charge < -0.3 is 10.2 Å². The molecule has 1 aliphatic rings. The van der Waals surface area contributed by atoms with Crippen LogP contribution in [0.15, 0.2) is 29.1 Å². The highest BCUT2D eigenvalue weighted by molar-refractivity contribution is 6.04. The second-order valence-electron chi connectivity index (χ2n) is 6.54. The van der Waals surface area contributed by atoms with E-state index in [0.29, 0.717) is 22.6 Å². The first-order valence-electron chi connectivity index (χ1n) is 8.52. The van der Waals surface area contributed by atoms with Gasteiger partial charge in [0.25, 0.3) is 5.56 Å². The van der Waals surface area contributed by atoms with Gasteiger partial charge in [0.2, 0.25) is 11.8 Å². The number of benzene rings is 1. The summed E-state index contributed by atoms with van der Waals surface area (Å²) in [6, 6.07) is 8.51. The third-order valence-corrected chi connectivity index (χ3v) is 4.66. The Balaban J connectivity index is 2.02. The third-order valence-electron chi connectivity index (χ3n) is 4.66. The molecule has 0 saturated heterocycles. The molecule has 8 heteroatoms. The van der Waals surface area contributed by atoms with Gasteiger partial charge in [0, 0.05) is 12.5 Å². The van der Waals surface area contributed by atoms with E-state index in [0.717, 1.165) is 4.68 Å². The van der Waals surface area contributed by atoms with Gasteiger partial charge >= 0.3 is 0 Å². The van der Waals surface area contributed by atoms with E-state index >= 15 is 0 Å². The average Bonchev–Trinajstić information content (AvgIpc) is 2.74. The Labute approximate surface area is 156 Å². The Morgan fingerprint density at radius 3 is 2.74 bits per heavy atom. The molecule has 0 saturated carbocycles. The fourth-order valence-electron chi connectivity index (χ4n) is 3.18. The fraction of sp³-hybridized carbons (Fsp3) is 0.316. The monoisotopic (exact) mass is 365 g/mol. The molecule has 0 radical (unpaired) electrons. The molecule has 0 aliphatic carbocycles. The summed E-state index contributed by atoms with van der Waals surface area (Å²) in [5.74, 6) is -0.563. The first-order chi connectivity index (χ1) is 12.8. The van der Waals surface area contributed by atoms with Crippen LogP contribution in [0.25, 0.3) is 0 Å². The van der Waals surface area contributed by atoms with E-state index in [-0.39, 0.29) is 36.4 Å². The number of carbonyl (C=O) groups is 2. The maximum absolute atomic E-state index is 13.1. The summed E-state index contributed by atoms with van der Waals surface area (Å²) in [6.07, 6.45) is 0.138. The topological polar surface area (TPSA) is 108 Å². The van der Waals surface area contributed by atoms with Crippen LogP contribution in [0.2, 0.25) is 0 Å². The smallest absolute Gasteiger partial charge is 0.285 e. The molecule has 8 nitrogen and oxygen atoms in total. The number of nitrogens with zero attached hydrogens (tertiary/aromatic N) is 4. The zero-order valence-corrected chi connectivity index (χ0v) is 15.3. The van der Waals surface area contributed by atoms with E-state index in [9.17, 15) is 19.6 Å². The second-order valence-corrected chi connectivity index (χ2v) is 6.54. The van der Waals surface area contributed by atoms with Crippen LogP contribution in [-0.4, -0.2) is 27.6 Å². The van der Waals surface area contributed by atoms with Crippen molar-refractivity contribution in [1.29, 1.82) is 5.26 Å².